The lowest BCUT2D eigenvalue weighted by atomic mass is 9.90. The molecule has 1 aromatic rings. The molecule has 2 atom stereocenters. The minimum Gasteiger partial charge on any atom is -0.457 e. The molecule has 5 nitrogen and oxygen atoms in total. The number of rotatable bonds is 5. The molecule has 0 radical (unpaired) electrons. The number of halogens is 1. The molecule has 20 heavy (non-hydrogen) atoms. The summed E-state index contributed by atoms with van der Waals surface area (Å²) < 4.78 is 30.9. The standard InChI is InChI=1S/C13H21BrN2O3S/c1-15-12(11-5-7-19-13(11)14)8-10-4-3-6-16(9-10)20(2,17)18/h5,7,10,12,15H,3-4,6,8-9H2,1-2H3. The van der Waals surface area contributed by atoms with Crippen molar-refractivity contribution in [2.75, 3.05) is 26.4 Å². The van der Waals surface area contributed by atoms with E-state index < -0.39 is 10.0 Å². The third kappa shape index (κ3) is 3.84. The predicted molar refractivity (Wildman–Crippen MR) is 82.0 cm³/mol. The van der Waals surface area contributed by atoms with Crippen LogP contribution < -0.4 is 5.32 Å². The first-order valence-electron chi connectivity index (χ1n) is 6.77. The maximum absolute atomic E-state index is 11.7. The van der Waals surface area contributed by atoms with Crippen molar-refractivity contribution in [3.63, 3.8) is 0 Å². The number of nitrogens with one attached hydrogen (secondary N) is 1. The monoisotopic (exact) mass is 364 g/mol. The molecule has 7 heteroatoms. The third-order valence-electron chi connectivity index (χ3n) is 3.89. The smallest absolute Gasteiger partial charge is 0.211 e. The second-order valence-electron chi connectivity index (χ2n) is 5.36. The number of sulfonamides is 1. The van der Waals surface area contributed by atoms with Gasteiger partial charge in [-0.2, -0.15) is 0 Å². The van der Waals surface area contributed by atoms with E-state index in [1.165, 1.54) is 6.26 Å². The summed E-state index contributed by atoms with van der Waals surface area (Å²) in [6, 6.07) is 2.12. The molecular weight excluding hydrogens is 344 g/mol. The molecule has 0 saturated carbocycles. The molecule has 0 spiro atoms. The fourth-order valence-corrected chi connectivity index (χ4v) is 4.27. The minimum absolute atomic E-state index is 0.174. The Morgan fingerprint density at radius 1 is 1.60 bits per heavy atom. The fraction of sp³-hybridized carbons (Fsp3) is 0.692. The third-order valence-corrected chi connectivity index (χ3v) is 5.80. The second-order valence-corrected chi connectivity index (χ2v) is 8.06. The Kier molecular flexibility index (Phi) is 5.28. The Labute approximate surface area is 128 Å². The molecule has 0 aromatic carbocycles. The lowest BCUT2D eigenvalue weighted by molar-refractivity contribution is 0.240. The molecule has 2 unspecified atom stereocenters. The molecule has 114 valence electrons. The Morgan fingerprint density at radius 2 is 2.35 bits per heavy atom. The number of hydrogen-bond donors (Lipinski definition) is 1. The average molecular weight is 365 g/mol. The van der Waals surface area contributed by atoms with Crippen LogP contribution in [0.15, 0.2) is 21.4 Å². The highest BCUT2D eigenvalue weighted by molar-refractivity contribution is 9.10. The van der Waals surface area contributed by atoms with Gasteiger partial charge in [0.1, 0.15) is 0 Å². The van der Waals surface area contributed by atoms with Crippen LogP contribution in [0.3, 0.4) is 0 Å². The van der Waals surface area contributed by atoms with E-state index in [1.807, 2.05) is 13.1 Å². The minimum atomic E-state index is -3.08. The van der Waals surface area contributed by atoms with Crippen LogP contribution in [0.4, 0.5) is 0 Å². The van der Waals surface area contributed by atoms with Gasteiger partial charge >= 0.3 is 0 Å². The highest BCUT2D eigenvalue weighted by Crippen LogP contribution is 2.32. The SMILES string of the molecule is CNC(CC1CCCN(S(C)(=O)=O)C1)c1ccoc1Br. The van der Waals surface area contributed by atoms with Gasteiger partial charge in [0, 0.05) is 24.7 Å². The van der Waals surface area contributed by atoms with Gasteiger partial charge in [0.25, 0.3) is 0 Å². The summed E-state index contributed by atoms with van der Waals surface area (Å²) >= 11 is 3.40. The number of furan rings is 1. The van der Waals surface area contributed by atoms with E-state index >= 15 is 0 Å². The van der Waals surface area contributed by atoms with E-state index in [-0.39, 0.29) is 6.04 Å². The van der Waals surface area contributed by atoms with Crippen LogP contribution >= 0.6 is 15.9 Å². The highest BCUT2D eigenvalue weighted by atomic mass is 79.9. The Hall–Kier alpha value is -0.370. The van der Waals surface area contributed by atoms with E-state index in [0.29, 0.717) is 19.0 Å². The van der Waals surface area contributed by atoms with Crippen molar-refractivity contribution in [2.45, 2.75) is 25.3 Å². The molecule has 1 fully saturated rings. The van der Waals surface area contributed by atoms with Crippen LogP contribution in [-0.2, 0) is 10.0 Å². The molecule has 0 amide bonds. The summed E-state index contributed by atoms with van der Waals surface area (Å²) in [5.41, 5.74) is 1.09. The molecule has 1 aliphatic heterocycles. The normalized spacial score (nSPS) is 22.9. The summed E-state index contributed by atoms with van der Waals surface area (Å²) in [5.74, 6) is 0.373. The molecule has 0 aliphatic carbocycles. The van der Waals surface area contributed by atoms with Crippen molar-refractivity contribution in [1.82, 2.24) is 9.62 Å². The first-order valence-corrected chi connectivity index (χ1v) is 9.41. The molecular formula is C13H21BrN2O3S. The summed E-state index contributed by atoms with van der Waals surface area (Å²) in [7, 11) is -1.16. The quantitative estimate of drug-likeness (QED) is 0.870. The molecule has 1 aromatic heterocycles. The second kappa shape index (κ2) is 6.60. The topological polar surface area (TPSA) is 62.6 Å². The zero-order valence-corrected chi connectivity index (χ0v) is 14.2. The van der Waals surface area contributed by atoms with E-state index in [9.17, 15) is 8.42 Å². The average Bonchev–Trinajstić information content (AvgIpc) is 2.81. The van der Waals surface area contributed by atoms with Gasteiger partial charge in [-0.3, -0.25) is 0 Å². The zero-order valence-electron chi connectivity index (χ0n) is 11.8. The van der Waals surface area contributed by atoms with Gasteiger partial charge in [0.2, 0.25) is 10.0 Å². The zero-order chi connectivity index (χ0) is 14.8. The van der Waals surface area contributed by atoms with Crippen molar-refractivity contribution in [3.8, 4) is 0 Å². The lowest BCUT2D eigenvalue weighted by Crippen LogP contribution is -2.40. The van der Waals surface area contributed by atoms with E-state index in [1.54, 1.807) is 10.6 Å². The number of hydrogen-bond acceptors (Lipinski definition) is 4. The highest BCUT2D eigenvalue weighted by Gasteiger charge is 2.28. The fourth-order valence-electron chi connectivity index (χ4n) is 2.81. The van der Waals surface area contributed by atoms with Gasteiger partial charge in [-0.15, -0.1) is 0 Å². The molecule has 1 aliphatic rings. The van der Waals surface area contributed by atoms with E-state index in [2.05, 4.69) is 21.2 Å². The van der Waals surface area contributed by atoms with Crippen LogP contribution in [0, 0.1) is 5.92 Å². The molecule has 2 heterocycles. The van der Waals surface area contributed by atoms with Gasteiger partial charge in [-0.1, -0.05) is 0 Å². The number of piperidine rings is 1. The van der Waals surface area contributed by atoms with Crippen LogP contribution in [0.25, 0.3) is 0 Å². The van der Waals surface area contributed by atoms with Gasteiger partial charge in [-0.05, 0) is 54.2 Å². The van der Waals surface area contributed by atoms with Gasteiger partial charge in [0.15, 0.2) is 4.67 Å². The maximum atomic E-state index is 11.7. The first kappa shape index (κ1) is 16.0. The van der Waals surface area contributed by atoms with Crippen molar-refractivity contribution in [3.05, 3.63) is 22.6 Å². The van der Waals surface area contributed by atoms with Crippen molar-refractivity contribution >= 4 is 26.0 Å². The van der Waals surface area contributed by atoms with Gasteiger partial charge < -0.3 is 9.73 Å². The molecule has 1 saturated heterocycles. The van der Waals surface area contributed by atoms with Gasteiger partial charge in [-0.25, -0.2) is 12.7 Å². The summed E-state index contributed by atoms with van der Waals surface area (Å²) in [6.07, 6.45) is 5.85. The van der Waals surface area contributed by atoms with Crippen molar-refractivity contribution in [2.24, 2.45) is 5.92 Å². The molecule has 2 rings (SSSR count). The van der Waals surface area contributed by atoms with Crippen LogP contribution in [-0.4, -0.2) is 39.1 Å². The van der Waals surface area contributed by atoms with Crippen molar-refractivity contribution in [1.29, 1.82) is 0 Å². The Morgan fingerprint density at radius 3 is 2.90 bits per heavy atom. The van der Waals surface area contributed by atoms with Gasteiger partial charge in [0.05, 0.1) is 12.5 Å². The summed E-state index contributed by atoms with van der Waals surface area (Å²) in [6.45, 7) is 1.27. The molecule has 1 N–H and O–H groups in total. The summed E-state index contributed by atoms with van der Waals surface area (Å²) in [4.78, 5) is 0. The Bertz CT molecular complexity index is 544. The van der Waals surface area contributed by atoms with E-state index in [0.717, 1.165) is 29.5 Å². The molecule has 0 bridgehead atoms. The number of nitrogens with zero attached hydrogens (tertiary/aromatic N) is 1. The van der Waals surface area contributed by atoms with Crippen molar-refractivity contribution < 1.29 is 12.8 Å². The first-order chi connectivity index (χ1) is 9.41. The predicted octanol–water partition coefficient (Wildman–Crippen LogP) is 2.36. The van der Waals surface area contributed by atoms with E-state index in [4.69, 9.17) is 4.42 Å². The summed E-state index contributed by atoms with van der Waals surface area (Å²) in [5, 5.41) is 3.29. The van der Waals surface area contributed by atoms with Crippen LogP contribution in [0.1, 0.15) is 30.9 Å². The largest absolute Gasteiger partial charge is 0.457 e. The van der Waals surface area contributed by atoms with Crippen LogP contribution in [0.5, 0.6) is 0 Å². The lowest BCUT2D eigenvalue weighted by Gasteiger charge is -2.32. The van der Waals surface area contributed by atoms with Crippen LogP contribution in [0.2, 0.25) is 0 Å². The maximum Gasteiger partial charge on any atom is 0.211 e. The Balaban J connectivity index is 2.03.